The normalized spacial score (nSPS) is 10.4. The molecule has 0 radical (unpaired) electrons. The molecule has 0 N–H and O–H groups in total. The van der Waals surface area contributed by atoms with Crippen molar-refractivity contribution in [3.8, 4) is 5.75 Å². The van der Waals surface area contributed by atoms with E-state index in [0.29, 0.717) is 11.0 Å². The minimum Gasteiger partial charge on any atom is -0.546 e. The Morgan fingerprint density at radius 2 is 2.18 bits per heavy atom. The summed E-state index contributed by atoms with van der Waals surface area (Å²) < 4.78 is 10.9. The van der Waals surface area contributed by atoms with Gasteiger partial charge in [0.25, 0.3) is 0 Å². The fraction of sp³-hybridized carbons (Fsp3) is 0.0909. The van der Waals surface area contributed by atoms with Crippen LogP contribution in [0.4, 0.5) is 0 Å². The van der Waals surface area contributed by atoms with Crippen molar-refractivity contribution in [3.63, 3.8) is 0 Å². The zero-order chi connectivity index (χ0) is 12.4. The highest BCUT2D eigenvalue weighted by Gasteiger charge is 2.07. The second-order valence-corrected chi connectivity index (χ2v) is 4.48. The number of carbonyl (C=O) groups excluding carboxylic acids is 1. The van der Waals surface area contributed by atoms with Gasteiger partial charge < -0.3 is 19.1 Å². The Morgan fingerprint density at radius 1 is 1.41 bits per heavy atom. The minimum atomic E-state index is -1.35. The molecule has 0 bridgehead atoms. The molecule has 0 aliphatic carbocycles. The van der Waals surface area contributed by atoms with Gasteiger partial charge in [-0.3, -0.25) is 0 Å². The average molecular weight is 345 g/mol. The number of rotatable bonds is 3. The predicted molar refractivity (Wildman–Crippen MR) is 65.7 cm³/mol. The minimum absolute atomic E-state index is 0.180. The van der Waals surface area contributed by atoms with Crippen LogP contribution in [0.25, 0.3) is 11.0 Å². The van der Waals surface area contributed by atoms with E-state index in [1.807, 2.05) is 0 Å². The van der Waals surface area contributed by atoms with Crippen molar-refractivity contribution in [1.82, 2.24) is 0 Å². The predicted octanol–water partition coefficient (Wildman–Crippen LogP) is 0.526. The standard InChI is InChI=1S/C11H7IO5/c12-6-1-2-8-7(3-6)9(4-11(15)17-8)16-5-10(13)14/h1-4H,5H2,(H,13,14)/p-1. The van der Waals surface area contributed by atoms with Gasteiger partial charge in [0.2, 0.25) is 0 Å². The maximum absolute atomic E-state index is 11.2. The van der Waals surface area contributed by atoms with Crippen molar-refractivity contribution in [3.05, 3.63) is 38.3 Å². The molecule has 0 aliphatic heterocycles. The number of hydrogen-bond acceptors (Lipinski definition) is 5. The maximum atomic E-state index is 11.2. The van der Waals surface area contributed by atoms with Gasteiger partial charge in [-0.05, 0) is 40.8 Å². The SMILES string of the molecule is O=C([O-])COc1cc(=O)oc2ccc(I)cc12. The first kappa shape index (κ1) is 11.9. The summed E-state index contributed by atoms with van der Waals surface area (Å²) in [5.41, 5.74) is -0.238. The summed E-state index contributed by atoms with van der Waals surface area (Å²) in [6.45, 7) is -0.607. The Kier molecular flexibility index (Phi) is 3.32. The van der Waals surface area contributed by atoms with Crippen LogP contribution in [0, 0.1) is 3.57 Å². The highest BCUT2D eigenvalue weighted by molar-refractivity contribution is 14.1. The van der Waals surface area contributed by atoms with Gasteiger partial charge in [-0.1, -0.05) is 0 Å². The van der Waals surface area contributed by atoms with E-state index in [1.165, 1.54) is 0 Å². The summed E-state index contributed by atoms with van der Waals surface area (Å²) in [6.07, 6.45) is 0. The summed E-state index contributed by atoms with van der Waals surface area (Å²) in [5, 5.41) is 10.9. The van der Waals surface area contributed by atoms with Gasteiger partial charge in [0.05, 0.1) is 17.4 Å². The molecule has 6 heteroatoms. The second kappa shape index (κ2) is 4.74. The van der Waals surface area contributed by atoms with Crippen LogP contribution >= 0.6 is 22.6 Å². The quantitative estimate of drug-likeness (QED) is 0.599. The third kappa shape index (κ3) is 2.76. The van der Waals surface area contributed by atoms with Crippen molar-refractivity contribution in [2.45, 2.75) is 0 Å². The Labute approximate surface area is 109 Å². The fourth-order valence-corrected chi connectivity index (χ4v) is 1.85. The molecular formula is C11H6IO5-. The Bertz CT molecular complexity index is 631. The van der Waals surface area contributed by atoms with Crippen molar-refractivity contribution < 1.29 is 19.1 Å². The van der Waals surface area contributed by atoms with Gasteiger partial charge in [0.15, 0.2) is 0 Å². The van der Waals surface area contributed by atoms with Gasteiger partial charge in [-0.25, -0.2) is 4.79 Å². The van der Waals surface area contributed by atoms with Crippen molar-refractivity contribution in [2.75, 3.05) is 6.61 Å². The third-order valence-electron chi connectivity index (χ3n) is 2.01. The number of aliphatic carboxylic acids is 1. The Morgan fingerprint density at radius 3 is 2.88 bits per heavy atom. The number of carboxylic acid groups (broad SMARTS) is 1. The molecule has 17 heavy (non-hydrogen) atoms. The lowest BCUT2D eigenvalue weighted by atomic mass is 10.2. The fourth-order valence-electron chi connectivity index (χ4n) is 1.36. The van der Waals surface area contributed by atoms with Crippen LogP contribution < -0.4 is 15.5 Å². The van der Waals surface area contributed by atoms with Crippen molar-refractivity contribution in [1.29, 1.82) is 0 Å². The third-order valence-corrected chi connectivity index (χ3v) is 2.68. The zero-order valence-corrected chi connectivity index (χ0v) is 10.6. The summed E-state index contributed by atoms with van der Waals surface area (Å²) in [4.78, 5) is 21.5. The molecule has 0 fully saturated rings. The lowest BCUT2D eigenvalue weighted by Crippen LogP contribution is -2.29. The molecule has 0 aliphatic rings. The summed E-state index contributed by atoms with van der Waals surface area (Å²) in [5.74, 6) is -1.17. The number of carboxylic acids is 1. The van der Waals surface area contributed by atoms with Gasteiger partial charge >= 0.3 is 5.63 Å². The van der Waals surface area contributed by atoms with E-state index in [-0.39, 0.29) is 5.75 Å². The molecule has 88 valence electrons. The van der Waals surface area contributed by atoms with Gasteiger partial charge in [-0.15, -0.1) is 0 Å². The van der Waals surface area contributed by atoms with E-state index in [1.54, 1.807) is 18.2 Å². The van der Waals surface area contributed by atoms with Crippen LogP contribution in [0.3, 0.4) is 0 Å². The number of fused-ring (bicyclic) bond motifs is 1. The smallest absolute Gasteiger partial charge is 0.339 e. The van der Waals surface area contributed by atoms with Crippen LogP contribution in [-0.4, -0.2) is 12.6 Å². The van der Waals surface area contributed by atoms with Gasteiger partial charge in [0.1, 0.15) is 17.9 Å². The maximum Gasteiger partial charge on any atom is 0.339 e. The number of carbonyl (C=O) groups is 1. The Balaban J connectivity index is 2.55. The summed E-state index contributed by atoms with van der Waals surface area (Å²) in [6, 6.07) is 6.25. The van der Waals surface area contributed by atoms with E-state index in [9.17, 15) is 14.7 Å². The molecule has 0 unspecified atom stereocenters. The molecule has 1 aromatic heterocycles. The molecule has 5 nitrogen and oxygen atoms in total. The van der Waals surface area contributed by atoms with Crippen molar-refractivity contribution in [2.24, 2.45) is 0 Å². The molecule has 0 atom stereocenters. The molecule has 2 aromatic rings. The first-order chi connectivity index (χ1) is 8.06. The van der Waals surface area contributed by atoms with Gasteiger partial charge in [-0.2, -0.15) is 0 Å². The average Bonchev–Trinajstić information content (AvgIpc) is 2.26. The number of hydrogen-bond donors (Lipinski definition) is 0. The molecule has 0 amide bonds. The van der Waals surface area contributed by atoms with E-state index in [0.717, 1.165) is 9.64 Å². The number of ether oxygens (including phenoxy) is 1. The topological polar surface area (TPSA) is 79.6 Å². The van der Waals surface area contributed by atoms with Crippen LogP contribution in [0.2, 0.25) is 0 Å². The van der Waals surface area contributed by atoms with Crippen LogP contribution in [0.1, 0.15) is 0 Å². The van der Waals surface area contributed by atoms with Crippen LogP contribution in [0.5, 0.6) is 5.75 Å². The van der Waals surface area contributed by atoms with E-state index in [4.69, 9.17) is 9.15 Å². The molecule has 0 spiro atoms. The van der Waals surface area contributed by atoms with Crippen LogP contribution in [0.15, 0.2) is 33.5 Å². The number of halogens is 1. The molecule has 0 saturated heterocycles. The zero-order valence-electron chi connectivity index (χ0n) is 8.44. The molecular weight excluding hydrogens is 339 g/mol. The lowest BCUT2D eigenvalue weighted by Gasteiger charge is -2.08. The molecule has 1 heterocycles. The van der Waals surface area contributed by atoms with E-state index < -0.39 is 18.2 Å². The highest BCUT2D eigenvalue weighted by atomic mass is 127. The molecule has 0 saturated carbocycles. The number of benzene rings is 1. The monoisotopic (exact) mass is 345 g/mol. The molecule has 1 aromatic carbocycles. The van der Waals surface area contributed by atoms with E-state index in [2.05, 4.69) is 22.6 Å². The first-order valence-corrected chi connectivity index (χ1v) is 5.70. The largest absolute Gasteiger partial charge is 0.546 e. The van der Waals surface area contributed by atoms with Crippen LogP contribution in [-0.2, 0) is 4.79 Å². The lowest BCUT2D eigenvalue weighted by molar-refractivity contribution is -0.307. The van der Waals surface area contributed by atoms with E-state index >= 15 is 0 Å². The first-order valence-electron chi connectivity index (χ1n) is 4.62. The van der Waals surface area contributed by atoms with Crippen molar-refractivity contribution >= 4 is 39.5 Å². The second-order valence-electron chi connectivity index (χ2n) is 3.23. The van der Waals surface area contributed by atoms with Gasteiger partial charge in [0, 0.05) is 3.57 Å². The molecule has 2 rings (SSSR count). The summed E-state index contributed by atoms with van der Waals surface area (Å²) >= 11 is 2.09. The highest BCUT2D eigenvalue weighted by Crippen LogP contribution is 2.25. The summed E-state index contributed by atoms with van der Waals surface area (Å²) in [7, 11) is 0. The Hall–Kier alpha value is -1.57.